The Bertz CT molecular complexity index is 1290. The van der Waals surface area contributed by atoms with Gasteiger partial charge in [0.15, 0.2) is 5.65 Å². The number of nitriles is 1. The summed E-state index contributed by atoms with van der Waals surface area (Å²) in [5.74, 6) is -1.44. The molecule has 0 spiro atoms. The monoisotopic (exact) mass is 402 g/mol. The number of nitrogens with one attached hydrogen (secondary N) is 1. The van der Waals surface area contributed by atoms with E-state index in [9.17, 15) is 13.6 Å². The van der Waals surface area contributed by atoms with Gasteiger partial charge in [0, 0.05) is 92.1 Å². The zero-order chi connectivity index (χ0) is 19.1. The Balaban J connectivity index is 0.00000225. The number of rotatable bonds is 2. The van der Waals surface area contributed by atoms with Crippen LogP contribution in [-0.4, -0.2) is 71.0 Å². The van der Waals surface area contributed by atoms with Crippen LogP contribution in [0.5, 0.6) is 0 Å². The summed E-state index contributed by atoms with van der Waals surface area (Å²) in [5, 5.41) is 11.7. The van der Waals surface area contributed by atoms with Crippen molar-refractivity contribution in [3.8, 4) is 28.5 Å². The van der Waals surface area contributed by atoms with Gasteiger partial charge in [0.1, 0.15) is 23.4 Å². The molecule has 0 aliphatic rings. The molecule has 0 saturated carbocycles. The summed E-state index contributed by atoms with van der Waals surface area (Å²) in [7, 11) is 0. The topological polar surface area (TPSA) is 86.8 Å². The fraction of sp³-hybridized carbons (Fsp3) is 0.0526. The number of aromatic nitrogens is 4. The van der Waals surface area contributed by atoms with Gasteiger partial charge in [-0.15, -0.1) is 0 Å². The van der Waals surface area contributed by atoms with Crippen molar-refractivity contribution in [2.24, 2.45) is 0 Å². The van der Waals surface area contributed by atoms with Gasteiger partial charge in [0.25, 0.3) is 5.56 Å². The zero-order valence-electron chi connectivity index (χ0n) is 15.0. The first-order chi connectivity index (χ1) is 13.0. The van der Waals surface area contributed by atoms with Crippen molar-refractivity contribution in [1.82, 2.24) is 19.6 Å². The third kappa shape index (κ3) is 3.57. The van der Waals surface area contributed by atoms with Gasteiger partial charge < -0.3 is 0 Å². The molecule has 3 aromatic heterocycles. The standard InChI is InChI=1S/C19H11F2N5O.K/c1-10-18(14-5-3-12(20)6-15(14)21)19-24-16(7-17(27)26(19)25-10)11-2-4-13(8-22)23-9-11;/h2-7,9,25H,1H3;. The Morgan fingerprint density at radius 2 is 1.96 bits per heavy atom. The van der Waals surface area contributed by atoms with Crippen molar-refractivity contribution in [3.63, 3.8) is 0 Å². The molecule has 6 nitrogen and oxygen atoms in total. The van der Waals surface area contributed by atoms with Gasteiger partial charge in [-0.2, -0.15) is 5.26 Å². The normalized spacial score (nSPS) is 10.5. The first kappa shape index (κ1) is 20.5. The van der Waals surface area contributed by atoms with Crippen LogP contribution in [0.15, 0.2) is 47.4 Å². The van der Waals surface area contributed by atoms with Crippen LogP contribution >= 0.6 is 0 Å². The van der Waals surface area contributed by atoms with E-state index in [4.69, 9.17) is 5.26 Å². The molecule has 4 rings (SSSR count). The number of H-pyrrole nitrogens is 1. The second-order valence-corrected chi connectivity index (χ2v) is 5.92. The van der Waals surface area contributed by atoms with Gasteiger partial charge >= 0.3 is 0 Å². The Kier molecular flexibility index (Phi) is 5.88. The summed E-state index contributed by atoms with van der Waals surface area (Å²) in [4.78, 5) is 20.9. The van der Waals surface area contributed by atoms with Gasteiger partial charge in [-0.25, -0.2) is 23.3 Å². The van der Waals surface area contributed by atoms with Gasteiger partial charge in [0.05, 0.1) is 5.69 Å². The number of benzene rings is 1. The minimum Gasteiger partial charge on any atom is -0.293 e. The molecule has 4 aromatic rings. The minimum atomic E-state index is -0.751. The van der Waals surface area contributed by atoms with Crippen LogP contribution in [0.25, 0.3) is 28.0 Å². The van der Waals surface area contributed by atoms with Crippen molar-refractivity contribution in [2.75, 3.05) is 0 Å². The number of hydrogen-bond donors (Lipinski definition) is 1. The van der Waals surface area contributed by atoms with Crippen molar-refractivity contribution in [3.05, 3.63) is 76.0 Å². The average molecular weight is 402 g/mol. The zero-order valence-corrected chi connectivity index (χ0v) is 18.1. The Labute approximate surface area is 200 Å². The predicted octanol–water partition coefficient (Wildman–Crippen LogP) is 2.83. The molecule has 9 heteroatoms. The van der Waals surface area contributed by atoms with Crippen molar-refractivity contribution in [2.45, 2.75) is 6.92 Å². The van der Waals surface area contributed by atoms with Gasteiger partial charge in [-0.1, -0.05) is 0 Å². The molecule has 3 heterocycles. The summed E-state index contributed by atoms with van der Waals surface area (Å²) >= 11 is 0. The number of aromatic amines is 1. The Morgan fingerprint density at radius 3 is 2.61 bits per heavy atom. The van der Waals surface area contributed by atoms with Crippen LogP contribution in [-0.2, 0) is 0 Å². The smallest absolute Gasteiger partial charge is 0.273 e. The average Bonchev–Trinajstić information content (AvgIpc) is 2.98. The largest absolute Gasteiger partial charge is 0.293 e. The maximum Gasteiger partial charge on any atom is 0.273 e. The van der Waals surface area contributed by atoms with E-state index in [1.54, 1.807) is 13.0 Å². The second kappa shape index (κ2) is 8.03. The third-order valence-corrected chi connectivity index (χ3v) is 4.17. The van der Waals surface area contributed by atoms with Crippen molar-refractivity contribution < 1.29 is 8.78 Å². The molecule has 0 fully saturated rings. The number of pyridine rings is 1. The van der Waals surface area contributed by atoms with Crippen molar-refractivity contribution >= 4 is 57.0 Å². The first-order valence-electron chi connectivity index (χ1n) is 7.92. The maximum absolute atomic E-state index is 14.3. The fourth-order valence-electron chi connectivity index (χ4n) is 2.92. The molecule has 0 atom stereocenters. The van der Waals surface area contributed by atoms with Crippen molar-refractivity contribution in [1.29, 1.82) is 5.26 Å². The fourth-order valence-corrected chi connectivity index (χ4v) is 2.92. The molecule has 133 valence electrons. The Hall–Kier alpha value is -2.22. The summed E-state index contributed by atoms with van der Waals surface area (Å²) in [5.41, 5.74) is 1.95. The molecule has 0 aliphatic heterocycles. The molecule has 0 unspecified atom stereocenters. The van der Waals surface area contributed by atoms with Crippen LogP contribution in [0.1, 0.15) is 11.4 Å². The maximum atomic E-state index is 14.3. The van der Waals surface area contributed by atoms with Gasteiger partial charge in [0.2, 0.25) is 0 Å². The molecule has 0 bridgehead atoms. The van der Waals surface area contributed by atoms with E-state index in [2.05, 4.69) is 15.1 Å². The van der Waals surface area contributed by atoms with Crippen LogP contribution in [0.4, 0.5) is 8.78 Å². The van der Waals surface area contributed by atoms with Crippen LogP contribution in [0.3, 0.4) is 0 Å². The van der Waals surface area contributed by atoms with Crippen LogP contribution in [0.2, 0.25) is 0 Å². The van der Waals surface area contributed by atoms with E-state index in [0.29, 0.717) is 22.5 Å². The number of hydrogen-bond acceptors (Lipinski definition) is 4. The summed E-state index contributed by atoms with van der Waals surface area (Å²) in [6, 6.07) is 9.61. The second-order valence-electron chi connectivity index (χ2n) is 5.92. The molecule has 1 N–H and O–H groups in total. The molecule has 28 heavy (non-hydrogen) atoms. The van der Waals surface area contributed by atoms with E-state index in [1.807, 2.05) is 6.07 Å². The van der Waals surface area contributed by atoms with E-state index in [0.717, 1.165) is 12.1 Å². The SMILES string of the molecule is Cc1[nH]n2c(=O)cc(-c3ccc(C#N)nc3)nc2c1-c1ccc(F)cc1F.[K]. The molecular formula is C19H11F2KN5O. The molecule has 0 aliphatic carbocycles. The van der Waals surface area contributed by atoms with E-state index < -0.39 is 17.2 Å². The number of fused-ring (bicyclic) bond motifs is 1. The number of nitrogens with zero attached hydrogens (tertiary/aromatic N) is 4. The van der Waals surface area contributed by atoms with Gasteiger partial charge in [-0.05, 0) is 31.2 Å². The molecule has 0 saturated heterocycles. The molecule has 1 radical (unpaired) electrons. The number of aryl methyl sites for hydroxylation is 1. The number of halogens is 2. The van der Waals surface area contributed by atoms with Gasteiger partial charge in [-0.3, -0.25) is 9.89 Å². The molecular weight excluding hydrogens is 391 g/mol. The molecule has 0 amide bonds. The van der Waals surface area contributed by atoms with E-state index in [1.165, 1.54) is 28.9 Å². The van der Waals surface area contributed by atoms with E-state index in [-0.39, 0.29) is 68.3 Å². The first-order valence-corrected chi connectivity index (χ1v) is 7.92. The predicted molar refractivity (Wildman–Crippen MR) is 99.6 cm³/mol. The Morgan fingerprint density at radius 1 is 1.18 bits per heavy atom. The minimum absolute atomic E-state index is 0. The third-order valence-electron chi connectivity index (χ3n) is 4.17. The van der Waals surface area contributed by atoms with E-state index >= 15 is 0 Å². The quantitative estimate of drug-likeness (QED) is 0.523. The summed E-state index contributed by atoms with van der Waals surface area (Å²) in [6.45, 7) is 1.68. The summed E-state index contributed by atoms with van der Waals surface area (Å²) < 4.78 is 28.8. The van der Waals surface area contributed by atoms with Crippen LogP contribution < -0.4 is 5.56 Å². The molecule has 1 aromatic carbocycles. The summed E-state index contributed by atoms with van der Waals surface area (Å²) in [6.07, 6.45) is 1.44. The van der Waals surface area contributed by atoms with Crippen LogP contribution in [0, 0.1) is 29.9 Å².